The van der Waals surface area contributed by atoms with E-state index in [0.29, 0.717) is 35.4 Å². The minimum absolute atomic E-state index is 0.00197. The molecule has 42 heavy (non-hydrogen) atoms. The summed E-state index contributed by atoms with van der Waals surface area (Å²) in [4.78, 5) is 20.5. The van der Waals surface area contributed by atoms with E-state index < -0.39 is 18.4 Å². The number of fused-ring (bicyclic) bond motifs is 1. The predicted octanol–water partition coefficient (Wildman–Crippen LogP) is 6.24. The highest BCUT2D eigenvalue weighted by Gasteiger charge is 2.25. The van der Waals surface area contributed by atoms with Gasteiger partial charge in [-0.25, -0.2) is 19.2 Å². The monoisotopic (exact) mass is 579 g/mol. The Kier molecular flexibility index (Phi) is 8.47. The number of aryl methyl sites for hydroxylation is 1. The summed E-state index contributed by atoms with van der Waals surface area (Å²) in [5.41, 5.74) is 1.86. The average molecular weight is 580 g/mol. The molecule has 9 nitrogen and oxygen atoms in total. The summed E-state index contributed by atoms with van der Waals surface area (Å²) in [5, 5.41) is 21.6. The fourth-order valence-corrected chi connectivity index (χ4v) is 5.25. The third-order valence-corrected chi connectivity index (χ3v) is 7.53. The van der Waals surface area contributed by atoms with E-state index in [1.165, 1.54) is 18.2 Å². The van der Waals surface area contributed by atoms with Crippen LogP contribution in [0.1, 0.15) is 58.8 Å². The van der Waals surface area contributed by atoms with Crippen molar-refractivity contribution in [3.05, 3.63) is 76.7 Å². The Balaban J connectivity index is 1.18. The second-order valence-corrected chi connectivity index (χ2v) is 10.2. The number of hydrogen-bond acceptors (Lipinski definition) is 7. The zero-order valence-electron chi connectivity index (χ0n) is 22.7. The van der Waals surface area contributed by atoms with Crippen LogP contribution < -0.4 is 14.8 Å². The number of imidazole rings is 1. The molecule has 0 amide bonds. The number of benzene rings is 2. The zero-order chi connectivity index (χ0) is 29.8. The van der Waals surface area contributed by atoms with E-state index >= 15 is 0 Å². The molecule has 2 N–H and O–H groups in total. The summed E-state index contributed by atoms with van der Waals surface area (Å²) in [6, 6.07) is 14.2. The molecular weight excluding hydrogens is 551 g/mol. The highest BCUT2D eigenvalue weighted by molar-refractivity contribution is 5.96. The maximum atomic E-state index is 14.2. The molecule has 0 atom stereocenters. The van der Waals surface area contributed by atoms with Crippen molar-refractivity contribution in [3.63, 3.8) is 0 Å². The van der Waals surface area contributed by atoms with E-state index in [0.717, 1.165) is 37.4 Å². The molecule has 0 saturated heterocycles. The summed E-state index contributed by atoms with van der Waals surface area (Å²) in [6.07, 6.45) is 3.66. The van der Waals surface area contributed by atoms with Gasteiger partial charge in [-0.2, -0.15) is 14.0 Å². The largest absolute Gasteiger partial charge is 0.478 e. The van der Waals surface area contributed by atoms with Crippen molar-refractivity contribution in [2.45, 2.75) is 44.8 Å². The molecule has 1 aliphatic rings. The normalized spacial score (nSPS) is 16.8. The molecule has 1 fully saturated rings. The van der Waals surface area contributed by atoms with Crippen LogP contribution in [0.3, 0.4) is 0 Å². The number of nitrogens with zero attached hydrogens (tertiary/aromatic N) is 4. The molecule has 1 saturated carbocycles. The Morgan fingerprint density at radius 3 is 2.64 bits per heavy atom. The first-order valence-corrected chi connectivity index (χ1v) is 13.4. The number of pyridine rings is 1. The van der Waals surface area contributed by atoms with Crippen LogP contribution in [0, 0.1) is 23.1 Å². The quantitative estimate of drug-likeness (QED) is 0.226. The Hall–Kier alpha value is -4.79. The maximum Gasteiger partial charge on any atom is 0.387 e. The molecule has 4 aromatic rings. The highest BCUT2D eigenvalue weighted by atomic mass is 19.3. The standard InChI is InChI=1S/C30H28F3N5O4/c1-38-24-12-21(28(39)40)13-25(42-29(32)33)27(24)37-30(38)35-15-17-5-8-19(9-6-17)23-3-2-4-26(36-23)41-16-20-10-7-18(14-34)11-22(20)31/h2-4,7,10-13,17,19,29H,5-6,8-9,15-16H2,1H3,(H,35,37)(H,39,40). The number of carboxylic acids is 1. The van der Waals surface area contributed by atoms with Crippen molar-refractivity contribution in [3.8, 4) is 17.7 Å². The van der Waals surface area contributed by atoms with Gasteiger partial charge in [0.1, 0.15) is 17.9 Å². The molecule has 2 aromatic carbocycles. The minimum atomic E-state index is -3.11. The Bertz CT molecular complexity index is 1640. The molecule has 5 rings (SSSR count). The minimum Gasteiger partial charge on any atom is -0.478 e. The van der Waals surface area contributed by atoms with Crippen molar-refractivity contribution in [1.29, 1.82) is 5.26 Å². The van der Waals surface area contributed by atoms with Crippen molar-refractivity contribution in [1.82, 2.24) is 14.5 Å². The maximum absolute atomic E-state index is 14.2. The molecule has 0 bridgehead atoms. The second-order valence-electron chi connectivity index (χ2n) is 10.2. The van der Waals surface area contributed by atoms with Gasteiger partial charge in [-0.05, 0) is 61.9 Å². The summed E-state index contributed by atoms with van der Waals surface area (Å²) >= 11 is 0. The van der Waals surface area contributed by atoms with Gasteiger partial charge in [0.05, 0.1) is 22.7 Å². The molecule has 12 heteroatoms. The van der Waals surface area contributed by atoms with E-state index in [2.05, 4.69) is 20.0 Å². The average Bonchev–Trinajstić information content (AvgIpc) is 3.31. The second kappa shape index (κ2) is 12.4. The van der Waals surface area contributed by atoms with Gasteiger partial charge >= 0.3 is 12.6 Å². The number of aromatic nitrogens is 3. The summed E-state index contributed by atoms with van der Waals surface area (Å²) in [6.45, 7) is -2.51. The van der Waals surface area contributed by atoms with E-state index in [1.807, 2.05) is 18.2 Å². The van der Waals surface area contributed by atoms with E-state index in [1.54, 1.807) is 23.7 Å². The fraction of sp³-hybridized carbons (Fsp3) is 0.333. The van der Waals surface area contributed by atoms with Crippen LogP contribution in [-0.2, 0) is 13.7 Å². The number of aromatic carboxylic acids is 1. The summed E-state index contributed by atoms with van der Waals surface area (Å²) < 4.78 is 52.0. The molecule has 1 aliphatic carbocycles. The van der Waals surface area contributed by atoms with E-state index in [9.17, 15) is 23.1 Å². The Morgan fingerprint density at radius 1 is 1.17 bits per heavy atom. The smallest absolute Gasteiger partial charge is 0.387 e. The molecule has 0 aliphatic heterocycles. The SMILES string of the molecule is Cn1c(NCC2CCC(c3cccc(OCc4ccc(C#N)cc4F)n3)CC2)nc2c(OC(F)F)cc(C(=O)O)cc21. The number of anilines is 1. The van der Waals surface area contributed by atoms with Crippen LogP contribution in [0.2, 0.25) is 0 Å². The highest BCUT2D eigenvalue weighted by Crippen LogP contribution is 2.36. The molecule has 0 spiro atoms. The van der Waals surface area contributed by atoms with Crippen LogP contribution in [0.4, 0.5) is 19.1 Å². The number of hydrogen-bond donors (Lipinski definition) is 2. The first kappa shape index (κ1) is 28.7. The van der Waals surface area contributed by atoms with Gasteiger partial charge in [-0.15, -0.1) is 0 Å². The molecule has 2 heterocycles. The lowest BCUT2D eigenvalue weighted by molar-refractivity contribution is -0.0489. The van der Waals surface area contributed by atoms with Gasteiger partial charge < -0.3 is 24.5 Å². The topological polar surface area (TPSA) is 122 Å². The van der Waals surface area contributed by atoms with E-state index in [-0.39, 0.29) is 34.9 Å². The van der Waals surface area contributed by atoms with Gasteiger partial charge in [0.2, 0.25) is 11.8 Å². The number of nitrogens with one attached hydrogen (secondary N) is 1. The lowest BCUT2D eigenvalue weighted by atomic mass is 9.80. The van der Waals surface area contributed by atoms with Crippen molar-refractivity contribution in [2.75, 3.05) is 11.9 Å². The lowest BCUT2D eigenvalue weighted by Crippen LogP contribution is -2.22. The molecular formula is C30H28F3N5O4. The van der Waals surface area contributed by atoms with Crippen molar-refractivity contribution in [2.24, 2.45) is 13.0 Å². The molecule has 0 unspecified atom stereocenters. The molecule has 218 valence electrons. The van der Waals surface area contributed by atoms with Crippen molar-refractivity contribution >= 4 is 23.0 Å². The van der Waals surface area contributed by atoms with Gasteiger partial charge in [-0.3, -0.25) is 0 Å². The van der Waals surface area contributed by atoms with Crippen LogP contribution in [0.25, 0.3) is 11.0 Å². The number of carboxylic acid groups (broad SMARTS) is 1. The number of rotatable bonds is 10. The van der Waals surface area contributed by atoms with Crippen LogP contribution in [0.15, 0.2) is 48.5 Å². The fourth-order valence-electron chi connectivity index (χ4n) is 5.25. The van der Waals surface area contributed by atoms with Gasteiger partial charge in [0.15, 0.2) is 5.75 Å². The molecule has 2 aromatic heterocycles. The first-order valence-electron chi connectivity index (χ1n) is 13.4. The summed E-state index contributed by atoms with van der Waals surface area (Å²) in [5.74, 6) is -0.619. The third-order valence-electron chi connectivity index (χ3n) is 7.53. The van der Waals surface area contributed by atoms with Gasteiger partial charge in [0.25, 0.3) is 0 Å². The van der Waals surface area contributed by atoms with Gasteiger partial charge in [-0.1, -0.05) is 12.1 Å². The number of ether oxygens (including phenoxy) is 2. The Labute approximate surface area is 239 Å². The van der Waals surface area contributed by atoms with Crippen LogP contribution >= 0.6 is 0 Å². The molecule has 0 radical (unpaired) electrons. The first-order chi connectivity index (χ1) is 20.2. The number of halogens is 3. The van der Waals surface area contributed by atoms with Gasteiger partial charge in [0, 0.05) is 36.8 Å². The summed E-state index contributed by atoms with van der Waals surface area (Å²) in [7, 11) is 1.68. The van der Waals surface area contributed by atoms with Crippen LogP contribution in [0.5, 0.6) is 11.6 Å². The van der Waals surface area contributed by atoms with E-state index in [4.69, 9.17) is 10.00 Å². The van der Waals surface area contributed by atoms with Crippen LogP contribution in [-0.4, -0.2) is 38.8 Å². The predicted molar refractivity (Wildman–Crippen MR) is 147 cm³/mol. The number of alkyl halides is 2. The zero-order valence-corrected chi connectivity index (χ0v) is 22.7. The third kappa shape index (κ3) is 6.40. The lowest BCUT2D eigenvalue weighted by Gasteiger charge is -2.28. The number of carbonyl (C=O) groups is 1. The van der Waals surface area contributed by atoms with Crippen molar-refractivity contribution < 1.29 is 32.5 Å². The number of nitriles is 1. The Morgan fingerprint density at radius 2 is 1.95 bits per heavy atom.